The minimum absolute atomic E-state index is 0.110. The zero-order chi connectivity index (χ0) is 18.3. The first-order valence-electron chi connectivity index (χ1n) is 8.62. The van der Waals surface area contributed by atoms with Crippen LogP contribution in [0.4, 0.5) is 0 Å². The molecule has 6 nitrogen and oxygen atoms in total. The summed E-state index contributed by atoms with van der Waals surface area (Å²) in [5, 5.41) is 2.98. The van der Waals surface area contributed by atoms with Gasteiger partial charge in [0, 0.05) is 32.8 Å². The number of halogens is 1. The molecule has 1 aromatic rings. The number of carbonyl (C=O) groups is 1. The van der Waals surface area contributed by atoms with Gasteiger partial charge in [0.1, 0.15) is 0 Å². The third-order valence-corrected chi connectivity index (χ3v) is 6.31. The summed E-state index contributed by atoms with van der Waals surface area (Å²) in [5.74, 6) is -0.378. The Morgan fingerprint density at radius 1 is 1.28 bits per heavy atom. The summed E-state index contributed by atoms with van der Waals surface area (Å²) in [6.07, 6.45) is 3.45. The molecule has 0 aliphatic carbocycles. The zero-order valence-electron chi connectivity index (χ0n) is 14.5. The lowest BCUT2D eigenvalue weighted by Gasteiger charge is -2.26. The van der Waals surface area contributed by atoms with Crippen molar-refractivity contribution in [1.82, 2.24) is 9.62 Å². The molecule has 0 atom stereocenters. The van der Waals surface area contributed by atoms with Crippen LogP contribution in [0.15, 0.2) is 23.1 Å². The number of ether oxygens (including phenoxy) is 1. The molecule has 0 aromatic heterocycles. The van der Waals surface area contributed by atoms with Gasteiger partial charge in [-0.25, -0.2) is 8.42 Å². The highest BCUT2D eigenvalue weighted by atomic mass is 35.5. The van der Waals surface area contributed by atoms with E-state index in [2.05, 4.69) is 5.32 Å². The van der Waals surface area contributed by atoms with Crippen LogP contribution >= 0.6 is 11.6 Å². The molecule has 0 radical (unpaired) electrons. The molecule has 1 aliphatic rings. The first-order valence-corrected chi connectivity index (χ1v) is 10.4. The lowest BCUT2D eigenvalue weighted by atomic mass is 10.2. The van der Waals surface area contributed by atoms with E-state index in [1.165, 1.54) is 22.5 Å². The van der Waals surface area contributed by atoms with E-state index in [0.29, 0.717) is 39.3 Å². The molecule has 25 heavy (non-hydrogen) atoms. The second-order valence-electron chi connectivity index (χ2n) is 5.91. The summed E-state index contributed by atoms with van der Waals surface area (Å²) in [4.78, 5) is 12.4. The minimum atomic E-state index is -3.59. The van der Waals surface area contributed by atoms with Crippen molar-refractivity contribution in [3.8, 4) is 0 Å². The molecule has 1 amide bonds. The van der Waals surface area contributed by atoms with Gasteiger partial charge in [-0.2, -0.15) is 4.31 Å². The van der Waals surface area contributed by atoms with E-state index in [1.54, 1.807) is 0 Å². The number of rotatable bonds is 8. The Hall–Kier alpha value is -1.15. The number of nitrogens with one attached hydrogen (secondary N) is 1. The van der Waals surface area contributed by atoms with Crippen LogP contribution < -0.4 is 5.32 Å². The molecule has 1 heterocycles. The van der Waals surface area contributed by atoms with Crippen LogP contribution in [-0.4, -0.2) is 51.5 Å². The topological polar surface area (TPSA) is 75.7 Å². The minimum Gasteiger partial charge on any atom is -0.382 e. The van der Waals surface area contributed by atoms with Crippen LogP contribution in [-0.2, 0) is 14.8 Å². The smallest absolute Gasteiger partial charge is 0.252 e. The van der Waals surface area contributed by atoms with Crippen molar-refractivity contribution in [1.29, 1.82) is 0 Å². The highest BCUT2D eigenvalue weighted by Crippen LogP contribution is 2.25. The third-order valence-electron chi connectivity index (χ3n) is 4.09. The van der Waals surface area contributed by atoms with Gasteiger partial charge in [0.15, 0.2) is 0 Å². The summed E-state index contributed by atoms with van der Waals surface area (Å²) in [7, 11) is -3.59. The van der Waals surface area contributed by atoms with Crippen LogP contribution in [0.1, 0.15) is 43.0 Å². The standard InChI is InChI=1S/C17H25ClN2O4S/c1-2-24-12-6-9-19-17(21)15-13-14(7-8-16(15)18)25(22,23)20-10-4-3-5-11-20/h7-8,13H,2-6,9-12H2,1H3,(H,19,21). The van der Waals surface area contributed by atoms with Crippen molar-refractivity contribution in [2.24, 2.45) is 0 Å². The number of benzene rings is 1. The quantitative estimate of drug-likeness (QED) is 0.694. The lowest BCUT2D eigenvalue weighted by molar-refractivity contribution is 0.0944. The van der Waals surface area contributed by atoms with Crippen molar-refractivity contribution < 1.29 is 17.9 Å². The summed E-state index contributed by atoms with van der Waals surface area (Å²) >= 11 is 6.10. The van der Waals surface area contributed by atoms with Crippen LogP contribution in [0.2, 0.25) is 5.02 Å². The first-order chi connectivity index (χ1) is 12.0. The highest BCUT2D eigenvalue weighted by molar-refractivity contribution is 7.89. The van der Waals surface area contributed by atoms with E-state index >= 15 is 0 Å². The van der Waals surface area contributed by atoms with Gasteiger partial charge in [0.25, 0.3) is 5.91 Å². The van der Waals surface area contributed by atoms with Crippen molar-refractivity contribution in [2.75, 3.05) is 32.8 Å². The molecule has 0 unspecified atom stereocenters. The number of nitrogens with zero attached hydrogens (tertiary/aromatic N) is 1. The Kier molecular flexibility index (Phi) is 7.68. The molecule has 1 saturated heterocycles. The van der Waals surface area contributed by atoms with E-state index in [9.17, 15) is 13.2 Å². The fourth-order valence-electron chi connectivity index (χ4n) is 2.71. The molecule has 0 spiro atoms. The lowest BCUT2D eigenvalue weighted by Crippen LogP contribution is -2.35. The Morgan fingerprint density at radius 2 is 2.00 bits per heavy atom. The zero-order valence-corrected chi connectivity index (χ0v) is 16.0. The van der Waals surface area contributed by atoms with E-state index in [1.807, 2.05) is 6.92 Å². The second-order valence-corrected chi connectivity index (χ2v) is 8.26. The van der Waals surface area contributed by atoms with Gasteiger partial charge in [-0.1, -0.05) is 18.0 Å². The van der Waals surface area contributed by atoms with Crippen LogP contribution in [0.5, 0.6) is 0 Å². The van der Waals surface area contributed by atoms with Gasteiger partial charge in [-0.3, -0.25) is 4.79 Å². The number of carbonyl (C=O) groups excluding carboxylic acids is 1. The predicted octanol–water partition coefficient (Wildman–Crippen LogP) is 2.67. The van der Waals surface area contributed by atoms with Crippen molar-refractivity contribution in [3.63, 3.8) is 0 Å². The maximum Gasteiger partial charge on any atom is 0.252 e. The van der Waals surface area contributed by atoms with Gasteiger partial charge < -0.3 is 10.1 Å². The van der Waals surface area contributed by atoms with E-state index < -0.39 is 10.0 Å². The second kappa shape index (κ2) is 9.52. The molecular formula is C17H25ClN2O4S. The van der Waals surface area contributed by atoms with E-state index in [4.69, 9.17) is 16.3 Å². The molecule has 1 aromatic carbocycles. The highest BCUT2D eigenvalue weighted by Gasteiger charge is 2.27. The van der Waals surface area contributed by atoms with Crippen LogP contribution in [0.3, 0.4) is 0 Å². The van der Waals surface area contributed by atoms with Crippen molar-refractivity contribution in [2.45, 2.75) is 37.5 Å². The average molecular weight is 389 g/mol. The predicted molar refractivity (Wildman–Crippen MR) is 97.5 cm³/mol. The van der Waals surface area contributed by atoms with Gasteiger partial charge >= 0.3 is 0 Å². The Morgan fingerprint density at radius 3 is 2.68 bits per heavy atom. The van der Waals surface area contributed by atoms with Crippen molar-refractivity contribution >= 4 is 27.5 Å². The fraction of sp³-hybridized carbons (Fsp3) is 0.588. The molecule has 2 rings (SSSR count). The number of piperidine rings is 1. The molecule has 1 fully saturated rings. The molecule has 8 heteroatoms. The molecule has 140 valence electrons. The molecule has 0 saturated carbocycles. The Bertz CT molecular complexity index is 688. The molecule has 1 aliphatic heterocycles. The van der Waals surface area contributed by atoms with Gasteiger partial charge in [-0.15, -0.1) is 0 Å². The fourth-order valence-corrected chi connectivity index (χ4v) is 4.46. The van der Waals surface area contributed by atoms with Gasteiger partial charge in [0.05, 0.1) is 15.5 Å². The normalized spacial score (nSPS) is 15.9. The summed E-state index contributed by atoms with van der Waals surface area (Å²) in [5.41, 5.74) is 0.177. The number of hydrogen-bond acceptors (Lipinski definition) is 4. The van der Waals surface area contributed by atoms with Crippen LogP contribution in [0.25, 0.3) is 0 Å². The molecule has 0 bridgehead atoms. The summed E-state index contributed by atoms with van der Waals surface area (Å²) in [6.45, 7) is 4.59. The van der Waals surface area contributed by atoms with E-state index in [0.717, 1.165) is 19.3 Å². The maximum absolute atomic E-state index is 12.7. The molecular weight excluding hydrogens is 364 g/mol. The summed E-state index contributed by atoms with van der Waals surface area (Å²) in [6, 6.07) is 4.29. The number of sulfonamides is 1. The SMILES string of the molecule is CCOCCCNC(=O)c1cc(S(=O)(=O)N2CCCCC2)ccc1Cl. The Balaban J connectivity index is 2.09. The Labute approximate surface area is 154 Å². The number of hydrogen-bond donors (Lipinski definition) is 1. The van der Waals surface area contributed by atoms with Crippen LogP contribution in [0, 0.1) is 0 Å². The average Bonchev–Trinajstić information content (AvgIpc) is 2.62. The third kappa shape index (κ3) is 5.41. The van der Waals surface area contributed by atoms with E-state index in [-0.39, 0.29) is 21.4 Å². The maximum atomic E-state index is 12.7. The summed E-state index contributed by atoms with van der Waals surface area (Å²) < 4.78 is 32.2. The van der Waals surface area contributed by atoms with Gasteiger partial charge in [-0.05, 0) is 44.4 Å². The van der Waals surface area contributed by atoms with Gasteiger partial charge in [0.2, 0.25) is 10.0 Å². The molecule has 1 N–H and O–H groups in total. The first kappa shape index (κ1) is 20.2. The monoisotopic (exact) mass is 388 g/mol. The number of amides is 1. The van der Waals surface area contributed by atoms with Crippen molar-refractivity contribution in [3.05, 3.63) is 28.8 Å². The largest absolute Gasteiger partial charge is 0.382 e.